The zero-order valence-electron chi connectivity index (χ0n) is 13.9. The molecule has 0 aromatic heterocycles. The van der Waals surface area contributed by atoms with Crippen LogP contribution in [0.2, 0.25) is 5.02 Å². The third kappa shape index (κ3) is 2.71. The minimum Gasteiger partial charge on any atom is -0.378 e. The molecule has 0 unspecified atom stereocenters. The monoisotopic (exact) mass is 354 g/mol. The van der Waals surface area contributed by atoms with E-state index in [2.05, 4.69) is 42.6 Å². The van der Waals surface area contributed by atoms with E-state index in [1.807, 2.05) is 0 Å². The Morgan fingerprint density at radius 1 is 1.24 bits per heavy atom. The number of fused-ring (bicyclic) bond motifs is 3. The fourth-order valence-electron chi connectivity index (χ4n) is 4.05. The van der Waals surface area contributed by atoms with Gasteiger partial charge in [-0.15, -0.1) is 0 Å². The van der Waals surface area contributed by atoms with E-state index in [-0.39, 0.29) is 16.7 Å². The van der Waals surface area contributed by atoms with Crippen LogP contribution < -0.4 is 5.32 Å². The van der Waals surface area contributed by atoms with Crippen LogP contribution in [0.5, 0.6) is 0 Å². The molecule has 5 heteroatoms. The first-order valence-corrected chi connectivity index (χ1v) is 8.96. The minimum absolute atomic E-state index is 0.0348. The van der Waals surface area contributed by atoms with E-state index in [4.69, 9.17) is 11.6 Å². The Morgan fingerprint density at radius 3 is 2.84 bits per heavy atom. The highest BCUT2D eigenvalue weighted by atomic mass is 35.5. The summed E-state index contributed by atoms with van der Waals surface area (Å²) in [5, 5.41) is 15.3. The number of hydrogen-bond acceptors (Lipinski definition) is 3. The van der Waals surface area contributed by atoms with Gasteiger partial charge in [-0.05, 0) is 42.0 Å². The lowest BCUT2D eigenvalue weighted by Crippen LogP contribution is -2.29. The van der Waals surface area contributed by atoms with Gasteiger partial charge < -0.3 is 5.32 Å². The Labute approximate surface area is 151 Å². The van der Waals surface area contributed by atoms with Crippen molar-refractivity contribution in [2.75, 3.05) is 5.32 Å². The molecule has 2 aliphatic rings. The molecule has 128 valence electrons. The second-order valence-electron chi connectivity index (χ2n) is 6.71. The van der Waals surface area contributed by atoms with Crippen molar-refractivity contribution in [1.82, 2.24) is 0 Å². The molecule has 1 N–H and O–H groups in total. The molecule has 0 bridgehead atoms. The molecule has 2 aromatic carbocycles. The standard InChI is InChI=1S/C20H19ClN2O2/c1-2-12-6-9-19-16(10-12)14-4-3-5-15(14)20(22-19)17-11-13(23(24)25)7-8-18(17)21/h3-4,6-11,14-15,20,22H,2,5H2,1H3/t14-,15+,20+/m1/s1. The molecule has 0 spiro atoms. The van der Waals surface area contributed by atoms with Crippen molar-refractivity contribution in [1.29, 1.82) is 0 Å². The summed E-state index contributed by atoms with van der Waals surface area (Å²) in [4.78, 5) is 10.8. The number of benzene rings is 2. The summed E-state index contributed by atoms with van der Waals surface area (Å²) in [6, 6.07) is 11.2. The fraction of sp³-hybridized carbons (Fsp3) is 0.300. The molecule has 0 radical (unpaired) electrons. The number of non-ortho nitro benzene ring substituents is 1. The first-order valence-electron chi connectivity index (χ1n) is 8.58. The molecule has 3 atom stereocenters. The molecule has 4 rings (SSSR count). The van der Waals surface area contributed by atoms with Gasteiger partial charge >= 0.3 is 0 Å². The molecule has 0 saturated heterocycles. The van der Waals surface area contributed by atoms with E-state index >= 15 is 0 Å². The average Bonchev–Trinajstić information content (AvgIpc) is 3.11. The second kappa shape index (κ2) is 6.19. The molecular formula is C20H19ClN2O2. The molecule has 4 nitrogen and oxygen atoms in total. The zero-order chi connectivity index (χ0) is 17.6. The normalized spacial score (nSPS) is 23.7. The maximum Gasteiger partial charge on any atom is 0.269 e. The molecule has 0 fully saturated rings. The largest absolute Gasteiger partial charge is 0.378 e. The van der Waals surface area contributed by atoms with E-state index < -0.39 is 0 Å². The Bertz CT molecular complexity index is 878. The van der Waals surface area contributed by atoms with Crippen molar-refractivity contribution in [3.63, 3.8) is 0 Å². The van der Waals surface area contributed by atoms with Crippen molar-refractivity contribution in [2.24, 2.45) is 5.92 Å². The first-order chi connectivity index (χ1) is 12.1. The summed E-state index contributed by atoms with van der Waals surface area (Å²) in [7, 11) is 0. The zero-order valence-corrected chi connectivity index (χ0v) is 14.7. The van der Waals surface area contributed by atoms with Gasteiger partial charge in [-0.2, -0.15) is 0 Å². The molecule has 1 aliphatic carbocycles. The van der Waals surface area contributed by atoms with Crippen molar-refractivity contribution in [2.45, 2.75) is 31.7 Å². The Kier molecular flexibility index (Phi) is 4.00. The van der Waals surface area contributed by atoms with E-state index in [1.54, 1.807) is 12.1 Å². The van der Waals surface area contributed by atoms with Crippen LogP contribution in [0.4, 0.5) is 11.4 Å². The van der Waals surface area contributed by atoms with Crippen LogP contribution in [-0.2, 0) is 6.42 Å². The highest BCUT2D eigenvalue weighted by molar-refractivity contribution is 6.31. The number of anilines is 1. The highest BCUT2D eigenvalue weighted by Gasteiger charge is 2.39. The van der Waals surface area contributed by atoms with E-state index in [0.717, 1.165) is 24.1 Å². The first kappa shape index (κ1) is 16.2. The molecule has 25 heavy (non-hydrogen) atoms. The fourth-order valence-corrected chi connectivity index (χ4v) is 4.29. The van der Waals surface area contributed by atoms with Gasteiger partial charge in [0.1, 0.15) is 0 Å². The highest BCUT2D eigenvalue weighted by Crippen LogP contribution is 2.51. The maximum absolute atomic E-state index is 11.2. The topological polar surface area (TPSA) is 55.2 Å². The van der Waals surface area contributed by atoms with Crippen molar-refractivity contribution in [3.05, 3.63) is 80.4 Å². The van der Waals surface area contributed by atoms with E-state index in [1.165, 1.54) is 17.2 Å². The SMILES string of the molecule is CCc1ccc2c(c1)[C@@H]1C=CC[C@@H]1[C@@H](c1cc([N+](=O)[O-])ccc1Cl)N2. The number of nitrogens with one attached hydrogen (secondary N) is 1. The van der Waals surface area contributed by atoms with E-state index in [0.29, 0.717) is 16.9 Å². The predicted octanol–water partition coefficient (Wildman–Crippen LogP) is 5.64. The van der Waals surface area contributed by atoms with E-state index in [9.17, 15) is 10.1 Å². The van der Waals surface area contributed by atoms with Crippen molar-refractivity contribution < 1.29 is 4.92 Å². The lowest BCUT2D eigenvalue weighted by Gasteiger charge is -2.38. The van der Waals surface area contributed by atoms with Gasteiger partial charge in [-0.3, -0.25) is 10.1 Å². The van der Waals surface area contributed by atoms with Crippen LogP contribution in [0.3, 0.4) is 0 Å². The lowest BCUT2D eigenvalue weighted by molar-refractivity contribution is -0.384. The van der Waals surface area contributed by atoms with Crippen molar-refractivity contribution in [3.8, 4) is 0 Å². The number of nitrogens with zero attached hydrogens (tertiary/aromatic N) is 1. The number of aryl methyl sites for hydroxylation is 1. The number of rotatable bonds is 3. The van der Waals surface area contributed by atoms with Crippen LogP contribution in [-0.4, -0.2) is 4.92 Å². The Morgan fingerprint density at radius 2 is 2.08 bits per heavy atom. The number of halogens is 1. The van der Waals surface area contributed by atoms with Crippen LogP contribution in [0.1, 0.15) is 42.0 Å². The van der Waals surface area contributed by atoms with Crippen molar-refractivity contribution >= 4 is 23.0 Å². The molecule has 0 saturated carbocycles. The third-order valence-corrected chi connectivity index (χ3v) is 5.71. The number of hydrogen-bond donors (Lipinski definition) is 1. The predicted molar refractivity (Wildman–Crippen MR) is 100 cm³/mol. The van der Waals surface area contributed by atoms with Gasteiger partial charge in [-0.25, -0.2) is 0 Å². The second-order valence-corrected chi connectivity index (χ2v) is 7.12. The average molecular weight is 355 g/mol. The van der Waals surface area contributed by atoms with Gasteiger partial charge in [0.05, 0.1) is 11.0 Å². The summed E-state index contributed by atoms with van der Waals surface area (Å²) in [6.07, 6.45) is 6.43. The smallest absolute Gasteiger partial charge is 0.269 e. The Balaban J connectivity index is 1.80. The molecule has 1 heterocycles. The van der Waals surface area contributed by atoms with Gasteiger partial charge in [0, 0.05) is 34.3 Å². The minimum atomic E-state index is -0.367. The molecule has 0 amide bonds. The summed E-state index contributed by atoms with van der Waals surface area (Å²) >= 11 is 6.42. The number of nitro benzene ring substituents is 1. The van der Waals surface area contributed by atoms with Gasteiger partial charge in [-0.1, -0.05) is 42.8 Å². The number of allylic oxidation sites excluding steroid dienone is 2. The summed E-state index contributed by atoms with van der Waals surface area (Å²) in [5.41, 5.74) is 4.62. The van der Waals surface area contributed by atoms with Crippen LogP contribution in [0.25, 0.3) is 0 Å². The van der Waals surface area contributed by atoms with Gasteiger partial charge in [0.2, 0.25) is 0 Å². The van der Waals surface area contributed by atoms with Crippen LogP contribution >= 0.6 is 11.6 Å². The molecular weight excluding hydrogens is 336 g/mol. The third-order valence-electron chi connectivity index (χ3n) is 5.36. The maximum atomic E-state index is 11.2. The molecule has 1 aliphatic heterocycles. The summed E-state index contributed by atoms with van der Waals surface area (Å²) < 4.78 is 0. The van der Waals surface area contributed by atoms with Gasteiger partial charge in [0.25, 0.3) is 5.69 Å². The molecule has 2 aromatic rings. The Hall–Kier alpha value is -2.33. The quantitative estimate of drug-likeness (QED) is 0.441. The summed E-state index contributed by atoms with van der Waals surface area (Å²) in [6.45, 7) is 2.16. The number of nitro groups is 1. The van der Waals surface area contributed by atoms with Crippen LogP contribution in [0.15, 0.2) is 48.6 Å². The van der Waals surface area contributed by atoms with Gasteiger partial charge in [0.15, 0.2) is 0 Å². The lowest BCUT2D eigenvalue weighted by atomic mass is 9.76. The summed E-state index contributed by atoms with van der Waals surface area (Å²) in [5.74, 6) is 0.641. The van der Waals surface area contributed by atoms with Crippen LogP contribution in [0, 0.1) is 16.0 Å².